The lowest BCUT2D eigenvalue weighted by Gasteiger charge is -2.35. The van der Waals surface area contributed by atoms with Crippen LogP contribution in [-0.4, -0.2) is 23.0 Å². The fourth-order valence-electron chi connectivity index (χ4n) is 2.67. The highest BCUT2D eigenvalue weighted by molar-refractivity contribution is 8.14. The Morgan fingerprint density at radius 2 is 2.00 bits per heavy atom. The second kappa shape index (κ2) is 5.67. The van der Waals surface area contributed by atoms with Crippen LogP contribution in [0.25, 0.3) is 0 Å². The Labute approximate surface area is 123 Å². The molecule has 1 aliphatic carbocycles. The van der Waals surface area contributed by atoms with Gasteiger partial charge in [0, 0.05) is 17.8 Å². The van der Waals surface area contributed by atoms with Crippen molar-refractivity contribution in [3.05, 3.63) is 0 Å². The topological polar surface area (TPSA) is 24.4 Å². The summed E-state index contributed by atoms with van der Waals surface area (Å²) in [6, 6.07) is 0. The fraction of sp³-hybridized carbons (Fsp3) is 0.938. The van der Waals surface area contributed by atoms with Gasteiger partial charge in [-0.2, -0.15) is 0 Å². The summed E-state index contributed by atoms with van der Waals surface area (Å²) in [5, 5.41) is 4.95. The van der Waals surface area contributed by atoms with Crippen molar-refractivity contribution < 1.29 is 0 Å². The van der Waals surface area contributed by atoms with Gasteiger partial charge in [0.15, 0.2) is 5.17 Å². The third kappa shape index (κ3) is 3.90. The number of thioether (sulfide) groups is 1. The molecule has 0 aromatic rings. The standard InChI is InChI=1S/C16H30N2S/c1-12-6-8-16(9-7-12)11-19-14(18-16)17-10-13(2)15(3,4)5/h12-13H,6-11H2,1-5H3,(H,17,18). The number of hydrogen-bond donors (Lipinski definition) is 1. The van der Waals surface area contributed by atoms with Crippen LogP contribution in [0.3, 0.4) is 0 Å². The van der Waals surface area contributed by atoms with Crippen molar-refractivity contribution in [2.45, 2.75) is 65.8 Å². The minimum absolute atomic E-state index is 0.352. The Bertz CT molecular complexity index is 335. The number of hydrogen-bond acceptors (Lipinski definition) is 2. The molecule has 1 heterocycles. The molecule has 0 bridgehead atoms. The monoisotopic (exact) mass is 282 g/mol. The number of rotatable bonds is 2. The molecule has 3 heteroatoms. The molecule has 1 N–H and O–H groups in total. The first-order valence-corrected chi connectivity index (χ1v) is 8.75. The van der Waals surface area contributed by atoms with Crippen molar-refractivity contribution in [1.82, 2.24) is 5.32 Å². The van der Waals surface area contributed by atoms with Gasteiger partial charge in [-0.05, 0) is 42.9 Å². The number of aliphatic imine (C=N–C) groups is 1. The molecule has 1 saturated heterocycles. The van der Waals surface area contributed by atoms with Gasteiger partial charge in [-0.25, -0.2) is 0 Å². The van der Waals surface area contributed by atoms with Gasteiger partial charge in [0.2, 0.25) is 0 Å². The normalized spacial score (nSPS) is 35.6. The molecule has 0 aromatic carbocycles. The Hall–Kier alpha value is -0.180. The largest absolute Gasteiger partial charge is 0.359 e. The van der Waals surface area contributed by atoms with Crippen LogP contribution in [-0.2, 0) is 0 Å². The minimum Gasteiger partial charge on any atom is -0.359 e. The van der Waals surface area contributed by atoms with Crippen molar-refractivity contribution in [2.24, 2.45) is 22.2 Å². The van der Waals surface area contributed by atoms with Crippen molar-refractivity contribution in [3.63, 3.8) is 0 Å². The summed E-state index contributed by atoms with van der Waals surface area (Å²) in [6.45, 7) is 12.5. The third-order valence-electron chi connectivity index (χ3n) is 5.08. The molecule has 2 rings (SSSR count). The molecule has 1 unspecified atom stereocenters. The van der Waals surface area contributed by atoms with E-state index in [9.17, 15) is 0 Å². The number of amidine groups is 1. The molecule has 2 fully saturated rings. The fourth-order valence-corrected chi connectivity index (χ4v) is 3.90. The van der Waals surface area contributed by atoms with E-state index in [0.717, 1.165) is 12.5 Å². The third-order valence-corrected chi connectivity index (χ3v) is 6.28. The first kappa shape index (κ1) is 15.2. The lowest BCUT2D eigenvalue weighted by Crippen LogP contribution is -2.46. The van der Waals surface area contributed by atoms with Crippen LogP contribution in [0.1, 0.15) is 60.3 Å². The molecule has 1 atom stereocenters. The zero-order valence-electron chi connectivity index (χ0n) is 13.3. The van der Waals surface area contributed by atoms with Gasteiger partial charge in [0.25, 0.3) is 0 Å². The molecule has 0 radical (unpaired) electrons. The van der Waals surface area contributed by atoms with Crippen molar-refractivity contribution in [2.75, 3.05) is 12.3 Å². The van der Waals surface area contributed by atoms with Crippen molar-refractivity contribution in [3.8, 4) is 0 Å². The highest BCUT2D eigenvalue weighted by atomic mass is 32.2. The van der Waals surface area contributed by atoms with Crippen LogP contribution < -0.4 is 5.32 Å². The van der Waals surface area contributed by atoms with E-state index >= 15 is 0 Å². The molecule has 1 aliphatic heterocycles. The van der Waals surface area contributed by atoms with Gasteiger partial charge >= 0.3 is 0 Å². The average Bonchev–Trinajstić information content (AvgIpc) is 2.73. The Kier molecular flexibility index (Phi) is 4.54. The van der Waals surface area contributed by atoms with E-state index in [4.69, 9.17) is 4.99 Å². The number of nitrogens with one attached hydrogen (secondary N) is 1. The van der Waals surface area contributed by atoms with E-state index in [1.165, 1.54) is 36.6 Å². The van der Waals surface area contributed by atoms with Gasteiger partial charge < -0.3 is 5.32 Å². The maximum Gasteiger partial charge on any atom is 0.157 e. The maximum atomic E-state index is 4.83. The molecule has 1 spiro atoms. The predicted octanol–water partition coefficient (Wildman–Crippen LogP) is 4.31. The van der Waals surface area contributed by atoms with Crippen LogP contribution in [0.15, 0.2) is 4.99 Å². The Morgan fingerprint density at radius 3 is 2.58 bits per heavy atom. The second-order valence-electron chi connectivity index (χ2n) is 7.79. The van der Waals surface area contributed by atoms with E-state index < -0.39 is 0 Å². The van der Waals surface area contributed by atoms with Gasteiger partial charge in [-0.1, -0.05) is 46.4 Å². The minimum atomic E-state index is 0.352. The summed E-state index contributed by atoms with van der Waals surface area (Å²) >= 11 is 1.94. The Morgan fingerprint density at radius 1 is 1.37 bits per heavy atom. The van der Waals surface area contributed by atoms with Crippen LogP contribution >= 0.6 is 11.8 Å². The van der Waals surface area contributed by atoms with Crippen LogP contribution in [0.2, 0.25) is 0 Å². The predicted molar refractivity (Wildman–Crippen MR) is 86.9 cm³/mol. The van der Waals surface area contributed by atoms with E-state index in [1.807, 2.05) is 11.8 Å². The van der Waals surface area contributed by atoms with E-state index in [2.05, 4.69) is 39.9 Å². The maximum absolute atomic E-state index is 4.83. The zero-order valence-corrected chi connectivity index (χ0v) is 14.1. The first-order valence-electron chi connectivity index (χ1n) is 7.76. The van der Waals surface area contributed by atoms with Crippen molar-refractivity contribution >= 4 is 16.9 Å². The molecule has 0 amide bonds. The van der Waals surface area contributed by atoms with Gasteiger partial charge in [-0.3, -0.25) is 4.99 Å². The number of nitrogens with zero attached hydrogens (tertiary/aromatic N) is 1. The molecule has 1 saturated carbocycles. The van der Waals surface area contributed by atoms with E-state index in [0.29, 0.717) is 16.9 Å². The summed E-state index contributed by atoms with van der Waals surface area (Å²) in [7, 11) is 0. The quantitative estimate of drug-likeness (QED) is 0.816. The van der Waals surface area contributed by atoms with E-state index in [-0.39, 0.29) is 0 Å². The summed E-state index contributed by atoms with van der Waals surface area (Å²) in [6.07, 6.45) is 5.41. The molecular weight excluding hydrogens is 252 g/mol. The SMILES string of the molecule is CC1CCC2(CC1)CSC(=NCC(C)C(C)(C)C)N2. The van der Waals surface area contributed by atoms with Crippen LogP contribution in [0, 0.1) is 17.3 Å². The summed E-state index contributed by atoms with van der Waals surface area (Å²) in [5.74, 6) is 2.77. The highest BCUT2D eigenvalue weighted by Crippen LogP contribution is 2.38. The molecule has 2 aliphatic rings. The highest BCUT2D eigenvalue weighted by Gasteiger charge is 2.39. The molecule has 2 nitrogen and oxygen atoms in total. The van der Waals surface area contributed by atoms with E-state index in [1.54, 1.807) is 0 Å². The summed E-state index contributed by atoms with van der Waals surface area (Å²) in [5.41, 5.74) is 0.728. The lowest BCUT2D eigenvalue weighted by atomic mass is 9.78. The zero-order chi connectivity index (χ0) is 14.1. The average molecular weight is 282 g/mol. The van der Waals surface area contributed by atoms with Gasteiger partial charge in [0.1, 0.15) is 0 Å². The molecule has 110 valence electrons. The summed E-state index contributed by atoms with van der Waals surface area (Å²) in [4.78, 5) is 4.83. The smallest absolute Gasteiger partial charge is 0.157 e. The molecule has 0 aromatic heterocycles. The van der Waals surface area contributed by atoms with Crippen LogP contribution in [0.4, 0.5) is 0 Å². The molecule has 19 heavy (non-hydrogen) atoms. The van der Waals surface area contributed by atoms with Gasteiger partial charge in [-0.15, -0.1) is 0 Å². The first-order chi connectivity index (χ1) is 8.81. The second-order valence-corrected chi connectivity index (χ2v) is 8.75. The van der Waals surface area contributed by atoms with Crippen molar-refractivity contribution in [1.29, 1.82) is 0 Å². The van der Waals surface area contributed by atoms with Gasteiger partial charge in [0.05, 0.1) is 0 Å². The lowest BCUT2D eigenvalue weighted by molar-refractivity contribution is 0.249. The summed E-state index contributed by atoms with van der Waals surface area (Å²) < 4.78 is 0. The van der Waals surface area contributed by atoms with Crippen LogP contribution in [0.5, 0.6) is 0 Å². The molecular formula is C16H30N2S. The Balaban J connectivity index is 1.88.